The van der Waals surface area contributed by atoms with Gasteiger partial charge in [0, 0.05) is 4.88 Å². The summed E-state index contributed by atoms with van der Waals surface area (Å²) >= 11 is 1.36. The van der Waals surface area contributed by atoms with Gasteiger partial charge in [0.05, 0.1) is 35.3 Å². The number of carbonyl (C=O) groups is 1. The van der Waals surface area contributed by atoms with Crippen LogP contribution in [-0.2, 0) is 0 Å². The molecule has 2 heterocycles. The molecule has 0 amide bonds. The molecule has 8 heteroatoms. The number of hydrogen-bond acceptors (Lipinski definition) is 6. The van der Waals surface area contributed by atoms with E-state index in [1.54, 1.807) is 22.9 Å². The number of hydrogen-bond donors (Lipinski definition) is 2. The molecule has 0 radical (unpaired) electrons. The number of nitriles is 1. The van der Waals surface area contributed by atoms with Crippen LogP contribution in [0.25, 0.3) is 16.1 Å². The van der Waals surface area contributed by atoms with E-state index in [0.29, 0.717) is 22.1 Å². The van der Waals surface area contributed by atoms with E-state index in [1.165, 1.54) is 24.5 Å². The summed E-state index contributed by atoms with van der Waals surface area (Å²) in [5.41, 5.74) is 3.94. The first kappa shape index (κ1) is 21.2. The number of anilines is 2. The minimum Gasteiger partial charge on any atom is -0.497 e. The van der Waals surface area contributed by atoms with Crippen LogP contribution in [0.5, 0.6) is 5.75 Å². The first-order valence-electron chi connectivity index (χ1n) is 9.77. The lowest BCUT2D eigenvalue weighted by Crippen LogP contribution is -2.08. The molecule has 0 atom stereocenters. The lowest BCUT2D eigenvalue weighted by molar-refractivity contribution is 0.0697. The molecular weight excluding hydrogens is 424 g/mol. The van der Waals surface area contributed by atoms with Crippen molar-refractivity contribution in [2.24, 2.45) is 0 Å². The van der Waals surface area contributed by atoms with E-state index in [0.717, 1.165) is 27.4 Å². The Balaban J connectivity index is 1.95. The Hall–Kier alpha value is -4.09. The molecule has 4 rings (SSSR count). The molecule has 0 saturated heterocycles. The smallest absolute Gasteiger partial charge is 0.337 e. The highest BCUT2D eigenvalue weighted by Crippen LogP contribution is 2.40. The summed E-state index contributed by atoms with van der Waals surface area (Å²) < 4.78 is 6.97. The predicted molar refractivity (Wildman–Crippen MR) is 124 cm³/mol. The lowest BCUT2D eigenvalue weighted by atomic mass is 10.1. The Morgan fingerprint density at radius 2 is 1.97 bits per heavy atom. The minimum absolute atomic E-state index is 0.0781. The van der Waals surface area contributed by atoms with E-state index >= 15 is 0 Å². The number of para-hydroxylation sites is 1. The third kappa shape index (κ3) is 3.82. The maximum Gasteiger partial charge on any atom is 0.337 e. The summed E-state index contributed by atoms with van der Waals surface area (Å²) in [6.07, 6.45) is 0. The fourth-order valence-corrected chi connectivity index (χ4v) is 4.41. The van der Waals surface area contributed by atoms with Crippen LogP contribution in [0.3, 0.4) is 0 Å². The largest absolute Gasteiger partial charge is 0.497 e. The van der Waals surface area contributed by atoms with Crippen LogP contribution in [0.1, 0.15) is 26.5 Å². The average Bonchev–Trinajstić information content (AvgIpc) is 3.38. The van der Waals surface area contributed by atoms with Gasteiger partial charge in [0.25, 0.3) is 0 Å². The summed E-state index contributed by atoms with van der Waals surface area (Å²) in [5.74, 6) is -0.000916. The van der Waals surface area contributed by atoms with E-state index in [2.05, 4.69) is 11.4 Å². The maximum atomic E-state index is 11.9. The molecule has 0 unspecified atom stereocenters. The maximum absolute atomic E-state index is 11.9. The van der Waals surface area contributed by atoms with Crippen LogP contribution in [0.15, 0.2) is 54.6 Å². The Bertz CT molecular complexity index is 1360. The molecule has 160 valence electrons. The number of thiophene rings is 1. The fraction of sp³-hybridized carbons (Fsp3) is 0.125. The normalized spacial score (nSPS) is 10.6. The van der Waals surface area contributed by atoms with E-state index in [4.69, 9.17) is 9.84 Å². The van der Waals surface area contributed by atoms with Gasteiger partial charge in [0.2, 0.25) is 0 Å². The topological polar surface area (TPSA) is 100 Å². The number of aromatic nitrogens is 2. The van der Waals surface area contributed by atoms with Gasteiger partial charge in [0.1, 0.15) is 22.5 Å². The quantitative estimate of drug-likeness (QED) is 0.405. The van der Waals surface area contributed by atoms with Gasteiger partial charge >= 0.3 is 5.97 Å². The number of carboxylic acids is 1. The summed E-state index contributed by atoms with van der Waals surface area (Å²) in [4.78, 5) is 13.4. The molecule has 0 spiro atoms. The zero-order valence-corrected chi connectivity index (χ0v) is 18.5. The fourth-order valence-electron chi connectivity index (χ4n) is 3.51. The Morgan fingerprint density at radius 1 is 1.19 bits per heavy atom. The highest BCUT2D eigenvalue weighted by Gasteiger charge is 2.22. The highest BCUT2D eigenvalue weighted by molar-refractivity contribution is 7.16. The van der Waals surface area contributed by atoms with Gasteiger partial charge in [-0.1, -0.05) is 18.2 Å². The van der Waals surface area contributed by atoms with Gasteiger partial charge in [-0.15, -0.1) is 11.3 Å². The average molecular weight is 445 g/mol. The molecule has 2 aromatic carbocycles. The van der Waals surface area contributed by atoms with Gasteiger partial charge in [-0.05, 0) is 55.8 Å². The first-order chi connectivity index (χ1) is 15.4. The van der Waals surface area contributed by atoms with Crippen LogP contribution < -0.4 is 10.1 Å². The van der Waals surface area contributed by atoms with Crippen molar-refractivity contribution in [3.63, 3.8) is 0 Å². The number of carboxylic acid groups (broad SMARTS) is 1. The predicted octanol–water partition coefficient (Wildman–Crippen LogP) is 5.54. The third-order valence-electron chi connectivity index (χ3n) is 5.08. The number of aryl methyl sites for hydroxylation is 2. The van der Waals surface area contributed by atoms with Crippen LogP contribution >= 0.6 is 11.3 Å². The molecule has 0 bridgehead atoms. The molecule has 2 N–H and O–H groups in total. The molecule has 4 aromatic rings. The number of nitrogens with zero attached hydrogens (tertiary/aromatic N) is 3. The Labute approximate surface area is 189 Å². The zero-order valence-electron chi connectivity index (χ0n) is 17.7. The number of rotatable bonds is 6. The molecule has 7 nitrogen and oxygen atoms in total. The summed E-state index contributed by atoms with van der Waals surface area (Å²) in [5, 5.41) is 27.1. The van der Waals surface area contributed by atoms with E-state index in [9.17, 15) is 15.2 Å². The molecule has 0 aliphatic carbocycles. The van der Waals surface area contributed by atoms with Crippen molar-refractivity contribution in [1.82, 2.24) is 9.78 Å². The second-order valence-electron chi connectivity index (χ2n) is 7.12. The molecule has 0 aliphatic rings. The van der Waals surface area contributed by atoms with Crippen LogP contribution in [0.2, 0.25) is 0 Å². The van der Waals surface area contributed by atoms with Gasteiger partial charge in [0.15, 0.2) is 0 Å². The van der Waals surface area contributed by atoms with Crippen molar-refractivity contribution >= 4 is 28.8 Å². The molecular formula is C24H20N4O3S. The zero-order chi connectivity index (χ0) is 22.8. The van der Waals surface area contributed by atoms with Crippen molar-refractivity contribution < 1.29 is 14.6 Å². The minimum atomic E-state index is -1.07. The highest BCUT2D eigenvalue weighted by atomic mass is 32.1. The number of benzene rings is 2. The standard InChI is InChI=1S/C24H20N4O3S/c1-14-6-4-5-7-20(14)28-23(22(15(2)27-28)21-11-9-17(13-25)32-21)26-19-10-8-16(31-3)12-18(19)24(29)30/h4-12,26H,1-3H3,(H,29,30). The summed E-state index contributed by atoms with van der Waals surface area (Å²) in [6, 6.07) is 18.5. The number of aromatic carboxylic acids is 1. The molecule has 0 saturated carbocycles. The lowest BCUT2D eigenvalue weighted by Gasteiger charge is -2.15. The molecule has 32 heavy (non-hydrogen) atoms. The van der Waals surface area contributed by atoms with Crippen LogP contribution in [0.4, 0.5) is 11.5 Å². The van der Waals surface area contributed by atoms with Crippen molar-refractivity contribution in [3.8, 4) is 27.9 Å². The van der Waals surface area contributed by atoms with Crippen molar-refractivity contribution in [2.75, 3.05) is 12.4 Å². The number of methoxy groups -OCH3 is 1. The SMILES string of the molecule is COc1ccc(Nc2c(-c3ccc(C#N)s3)c(C)nn2-c2ccccc2C)c(C(=O)O)c1. The molecule has 0 fully saturated rings. The van der Waals surface area contributed by atoms with Crippen molar-refractivity contribution in [2.45, 2.75) is 13.8 Å². The van der Waals surface area contributed by atoms with E-state index in [-0.39, 0.29) is 5.56 Å². The Kier molecular flexibility index (Phi) is 5.67. The Morgan fingerprint density at radius 3 is 2.62 bits per heavy atom. The van der Waals surface area contributed by atoms with Crippen LogP contribution in [0, 0.1) is 25.2 Å². The first-order valence-corrected chi connectivity index (χ1v) is 10.6. The molecule has 2 aromatic heterocycles. The van der Waals surface area contributed by atoms with Gasteiger partial charge in [-0.3, -0.25) is 0 Å². The summed E-state index contributed by atoms with van der Waals surface area (Å²) in [6.45, 7) is 3.89. The van der Waals surface area contributed by atoms with Gasteiger partial charge in [-0.2, -0.15) is 10.4 Å². The number of ether oxygens (including phenoxy) is 1. The second kappa shape index (κ2) is 8.57. The monoisotopic (exact) mass is 444 g/mol. The number of nitrogens with one attached hydrogen (secondary N) is 1. The molecule has 0 aliphatic heterocycles. The second-order valence-corrected chi connectivity index (χ2v) is 8.21. The van der Waals surface area contributed by atoms with Crippen molar-refractivity contribution in [3.05, 3.63) is 76.3 Å². The van der Waals surface area contributed by atoms with Gasteiger partial charge < -0.3 is 15.2 Å². The summed E-state index contributed by atoms with van der Waals surface area (Å²) in [7, 11) is 1.49. The van der Waals surface area contributed by atoms with Gasteiger partial charge in [-0.25, -0.2) is 9.48 Å². The van der Waals surface area contributed by atoms with E-state index in [1.807, 2.05) is 44.2 Å². The van der Waals surface area contributed by atoms with Crippen molar-refractivity contribution in [1.29, 1.82) is 5.26 Å². The van der Waals surface area contributed by atoms with E-state index < -0.39 is 5.97 Å². The van der Waals surface area contributed by atoms with Crippen LogP contribution in [-0.4, -0.2) is 28.0 Å². The third-order valence-corrected chi connectivity index (χ3v) is 6.08.